The van der Waals surface area contributed by atoms with Crippen LogP contribution < -0.4 is 10.9 Å². The predicted molar refractivity (Wildman–Crippen MR) is 74.9 cm³/mol. The first kappa shape index (κ1) is 15.9. The summed E-state index contributed by atoms with van der Waals surface area (Å²) >= 11 is 6.00. The van der Waals surface area contributed by atoms with Crippen LogP contribution in [0.15, 0.2) is 11.0 Å². The van der Waals surface area contributed by atoms with Gasteiger partial charge in [-0.15, -0.1) is 0 Å². The molecule has 6 nitrogen and oxygen atoms in total. The zero-order valence-corrected chi connectivity index (χ0v) is 12.0. The Morgan fingerprint density at radius 3 is 2.89 bits per heavy atom. The lowest BCUT2D eigenvalue weighted by Gasteiger charge is -2.12. The fraction of sp³-hybridized carbons (Fsp3) is 0.667. The van der Waals surface area contributed by atoms with Crippen LogP contribution >= 0.6 is 11.6 Å². The van der Waals surface area contributed by atoms with Crippen molar-refractivity contribution in [2.45, 2.75) is 26.3 Å². The number of aliphatic hydroxyl groups excluding tert-OH is 1. The second-order valence-electron chi connectivity index (χ2n) is 4.33. The molecule has 0 saturated carbocycles. The van der Waals surface area contributed by atoms with Crippen LogP contribution in [-0.4, -0.2) is 41.3 Å². The van der Waals surface area contributed by atoms with Gasteiger partial charge in [-0.1, -0.05) is 11.6 Å². The van der Waals surface area contributed by atoms with Gasteiger partial charge in [0.25, 0.3) is 5.56 Å². The first-order valence-corrected chi connectivity index (χ1v) is 6.65. The monoisotopic (exact) mass is 289 g/mol. The Labute approximate surface area is 117 Å². The quantitative estimate of drug-likeness (QED) is 0.705. The van der Waals surface area contributed by atoms with Gasteiger partial charge in [-0.2, -0.15) is 5.10 Å². The second kappa shape index (κ2) is 8.14. The molecule has 0 amide bonds. The van der Waals surface area contributed by atoms with Crippen LogP contribution in [0.2, 0.25) is 5.02 Å². The normalized spacial score (nSPS) is 11.0. The van der Waals surface area contributed by atoms with E-state index in [9.17, 15) is 4.79 Å². The van der Waals surface area contributed by atoms with Crippen molar-refractivity contribution in [3.8, 4) is 0 Å². The van der Waals surface area contributed by atoms with Gasteiger partial charge in [0.2, 0.25) is 0 Å². The van der Waals surface area contributed by atoms with Crippen molar-refractivity contribution in [1.82, 2.24) is 9.78 Å². The molecule has 0 atom stereocenters. The standard InChI is InChI=1S/C12H20ClN3O3/c1-9(2)16-12(18)11(13)10(8-15-16)14-4-3-6-19-7-5-17/h8-9,14,17H,3-7H2,1-2H3. The molecule has 0 aliphatic carbocycles. The number of rotatable bonds is 8. The van der Waals surface area contributed by atoms with Crippen LogP contribution in [0.1, 0.15) is 26.3 Å². The number of hydrogen-bond acceptors (Lipinski definition) is 5. The third-order valence-corrected chi connectivity index (χ3v) is 2.81. The van der Waals surface area contributed by atoms with Crippen molar-refractivity contribution < 1.29 is 9.84 Å². The summed E-state index contributed by atoms with van der Waals surface area (Å²) in [5, 5.41) is 15.8. The predicted octanol–water partition coefficient (Wildman–Crippen LogP) is 1.29. The van der Waals surface area contributed by atoms with Gasteiger partial charge in [0, 0.05) is 13.2 Å². The summed E-state index contributed by atoms with van der Waals surface area (Å²) in [6.45, 7) is 5.27. The van der Waals surface area contributed by atoms with E-state index in [0.717, 1.165) is 6.42 Å². The van der Waals surface area contributed by atoms with Gasteiger partial charge in [-0.05, 0) is 20.3 Å². The fourth-order valence-corrected chi connectivity index (χ4v) is 1.70. The molecule has 1 heterocycles. The van der Waals surface area contributed by atoms with Crippen molar-refractivity contribution in [2.24, 2.45) is 0 Å². The second-order valence-corrected chi connectivity index (χ2v) is 4.71. The highest BCUT2D eigenvalue weighted by atomic mass is 35.5. The zero-order valence-electron chi connectivity index (χ0n) is 11.2. The van der Waals surface area contributed by atoms with Crippen LogP contribution in [0.5, 0.6) is 0 Å². The molecule has 2 N–H and O–H groups in total. The van der Waals surface area contributed by atoms with E-state index in [1.165, 1.54) is 4.68 Å². The Morgan fingerprint density at radius 2 is 2.26 bits per heavy atom. The maximum atomic E-state index is 11.9. The molecule has 0 fully saturated rings. The maximum Gasteiger partial charge on any atom is 0.287 e. The SMILES string of the molecule is CC(C)n1ncc(NCCCOCCO)c(Cl)c1=O. The van der Waals surface area contributed by atoms with Crippen molar-refractivity contribution in [2.75, 3.05) is 31.7 Å². The van der Waals surface area contributed by atoms with Crippen LogP contribution in [0.4, 0.5) is 5.69 Å². The van der Waals surface area contributed by atoms with E-state index in [1.54, 1.807) is 6.20 Å². The molecular weight excluding hydrogens is 270 g/mol. The summed E-state index contributed by atoms with van der Waals surface area (Å²) in [6, 6.07) is -0.0223. The lowest BCUT2D eigenvalue weighted by molar-refractivity contribution is 0.0922. The average molecular weight is 290 g/mol. The van der Waals surface area contributed by atoms with E-state index in [4.69, 9.17) is 21.4 Å². The van der Waals surface area contributed by atoms with Crippen molar-refractivity contribution in [1.29, 1.82) is 0 Å². The third-order valence-electron chi connectivity index (χ3n) is 2.45. The van der Waals surface area contributed by atoms with Crippen LogP contribution in [-0.2, 0) is 4.74 Å². The molecule has 1 rings (SSSR count). The highest BCUT2D eigenvalue weighted by Crippen LogP contribution is 2.16. The average Bonchev–Trinajstić information content (AvgIpc) is 2.38. The molecule has 0 aliphatic rings. The molecule has 0 saturated heterocycles. The summed E-state index contributed by atoms with van der Waals surface area (Å²) in [7, 11) is 0. The lowest BCUT2D eigenvalue weighted by Crippen LogP contribution is -2.26. The molecule has 0 spiro atoms. The van der Waals surface area contributed by atoms with E-state index < -0.39 is 0 Å². The van der Waals surface area contributed by atoms with Gasteiger partial charge >= 0.3 is 0 Å². The molecule has 0 aromatic carbocycles. The summed E-state index contributed by atoms with van der Waals surface area (Å²) in [5.41, 5.74) is 0.240. The van der Waals surface area contributed by atoms with Crippen molar-refractivity contribution in [3.05, 3.63) is 21.6 Å². The Morgan fingerprint density at radius 1 is 1.53 bits per heavy atom. The molecule has 1 aromatic rings. The first-order valence-electron chi connectivity index (χ1n) is 6.27. The van der Waals surface area contributed by atoms with E-state index in [2.05, 4.69) is 10.4 Å². The molecule has 108 valence electrons. The minimum atomic E-state index is -0.293. The van der Waals surface area contributed by atoms with Gasteiger partial charge < -0.3 is 15.2 Å². The van der Waals surface area contributed by atoms with E-state index in [-0.39, 0.29) is 23.2 Å². The largest absolute Gasteiger partial charge is 0.394 e. The molecule has 19 heavy (non-hydrogen) atoms. The Balaban J connectivity index is 2.51. The van der Waals surface area contributed by atoms with Crippen LogP contribution in [0, 0.1) is 0 Å². The zero-order chi connectivity index (χ0) is 14.3. The van der Waals surface area contributed by atoms with Gasteiger partial charge in [0.05, 0.1) is 31.1 Å². The minimum absolute atomic E-state index is 0.0223. The fourth-order valence-electron chi connectivity index (χ4n) is 1.50. The van der Waals surface area contributed by atoms with E-state index >= 15 is 0 Å². The number of aromatic nitrogens is 2. The van der Waals surface area contributed by atoms with Crippen LogP contribution in [0.3, 0.4) is 0 Å². The first-order chi connectivity index (χ1) is 9.07. The topological polar surface area (TPSA) is 76.4 Å². The molecule has 0 bridgehead atoms. The molecule has 0 aliphatic heterocycles. The summed E-state index contributed by atoms with van der Waals surface area (Å²) < 4.78 is 6.47. The summed E-state index contributed by atoms with van der Waals surface area (Å²) in [4.78, 5) is 11.9. The molecule has 0 radical (unpaired) electrons. The third kappa shape index (κ3) is 4.81. The lowest BCUT2D eigenvalue weighted by atomic mass is 10.3. The smallest absolute Gasteiger partial charge is 0.287 e. The number of nitrogens with one attached hydrogen (secondary N) is 1. The molecule has 7 heteroatoms. The van der Waals surface area contributed by atoms with Gasteiger partial charge in [0.1, 0.15) is 5.02 Å². The Kier molecular flexibility index (Phi) is 6.83. The van der Waals surface area contributed by atoms with Crippen molar-refractivity contribution >= 4 is 17.3 Å². The number of nitrogens with zero attached hydrogens (tertiary/aromatic N) is 2. The number of anilines is 1. The van der Waals surface area contributed by atoms with Gasteiger partial charge in [-0.25, -0.2) is 4.68 Å². The summed E-state index contributed by atoms with van der Waals surface area (Å²) in [5.74, 6) is 0. The Bertz CT molecular complexity index is 448. The van der Waals surface area contributed by atoms with E-state index in [0.29, 0.717) is 25.4 Å². The number of aliphatic hydroxyl groups is 1. The van der Waals surface area contributed by atoms with Gasteiger partial charge in [0.15, 0.2) is 0 Å². The highest BCUT2D eigenvalue weighted by molar-refractivity contribution is 6.32. The Hall–Kier alpha value is -1.11. The maximum absolute atomic E-state index is 11.9. The number of ether oxygens (including phenoxy) is 1. The van der Waals surface area contributed by atoms with Crippen molar-refractivity contribution in [3.63, 3.8) is 0 Å². The summed E-state index contributed by atoms with van der Waals surface area (Å²) in [6.07, 6.45) is 2.31. The molecule has 1 aromatic heterocycles. The van der Waals surface area contributed by atoms with Gasteiger partial charge in [-0.3, -0.25) is 4.79 Å². The number of hydrogen-bond donors (Lipinski definition) is 2. The number of halogens is 1. The highest BCUT2D eigenvalue weighted by Gasteiger charge is 2.10. The van der Waals surface area contributed by atoms with E-state index in [1.807, 2.05) is 13.8 Å². The molecular formula is C12H20ClN3O3. The van der Waals surface area contributed by atoms with Crippen LogP contribution in [0.25, 0.3) is 0 Å². The molecule has 0 unspecified atom stereocenters. The minimum Gasteiger partial charge on any atom is -0.394 e.